The number of aliphatic hydroxyl groups is 2. The lowest BCUT2D eigenvalue weighted by Gasteiger charge is -2.27. The summed E-state index contributed by atoms with van der Waals surface area (Å²) in [6.45, 7) is 2.89. The number of H-pyrrole nitrogens is 1. The summed E-state index contributed by atoms with van der Waals surface area (Å²) in [5.74, 6) is 1.36. The third-order valence-electron chi connectivity index (χ3n) is 6.42. The van der Waals surface area contributed by atoms with Gasteiger partial charge in [-0.15, -0.1) is 0 Å². The van der Waals surface area contributed by atoms with E-state index in [2.05, 4.69) is 15.9 Å². The summed E-state index contributed by atoms with van der Waals surface area (Å²) in [6.07, 6.45) is -5.28. The van der Waals surface area contributed by atoms with Crippen LogP contribution in [-0.4, -0.2) is 74.1 Å². The van der Waals surface area contributed by atoms with Crippen LogP contribution in [0.25, 0.3) is 11.0 Å². The highest BCUT2D eigenvalue weighted by molar-refractivity contribution is 7.54. The second-order valence-corrected chi connectivity index (χ2v) is 12.2. The van der Waals surface area contributed by atoms with Crippen molar-refractivity contribution in [1.82, 2.24) is 14.5 Å². The molecule has 2 aromatic heterocycles. The quantitative estimate of drug-likeness (QED) is 0.147. The predicted molar refractivity (Wildman–Crippen MR) is 149 cm³/mol. The molecular formula is C27H31F2N4O9P. The van der Waals surface area contributed by atoms with Gasteiger partial charge >= 0.3 is 13.6 Å². The molecule has 16 heteroatoms. The number of halogens is 2. The first-order valence-corrected chi connectivity index (χ1v) is 14.9. The van der Waals surface area contributed by atoms with Gasteiger partial charge in [0.25, 0.3) is 5.56 Å². The molecule has 43 heavy (non-hydrogen) atoms. The molecule has 3 heterocycles. The number of nitrogens with two attached hydrogens (primary N) is 1. The zero-order chi connectivity index (χ0) is 31.5. The summed E-state index contributed by atoms with van der Waals surface area (Å²) in [7, 11) is -4.19. The number of nitrogens with one attached hydrogen (secondary N) is 1. The van der Waals surface area contributed by atoms with E-state index in [1.54, 1.807) is 32.0 Å². The van der Waals surface area contributed by atoms with Gasteiger partial charge in [0.2, 0.25) is 5.95 Å². The number of benzene rings is 1. The number of hydrogen-bond donors (Lipinski definition) is 4. The van der Waals surface area contributed by atoms with Crippen LogP contribution < -0.4 is 15.8 Å². The van der Waals surface area contributed by atoms with Gasteiger partial charge in [-0.25, -0.2) is 13.3 Å². The van der Waals surface area contributed by atoms with Crippen molar-refractivity contribution < 1.29 is 46.9 Å². The second-order valence-electron chi connectivity index (χ2n) is 10.1. The summed E-state index contributed by atoms with van der Waals surface area (Å²) in [6, 6.07) is 7.98. The van der Waals surface area contributed by atoms with Crippen molar-refractivity contribution in [3.05, 3.63) is 52.7 Å². The van der Waals surface area contributed by atoms with Gasteiger partial charge < -0.3 is 29.9 Å². The number of nitrogens with zero attached hydrogens (tertiary/aromatic N) is 2. The zero-order valence-electron chi connectivity index (χ0n) is 23.4. The minimum absolute atomic E-state index is 0.162. The molecule has 1 fully saturated rings. The normalized spacial score (nSPS) is 23.9. The molecule has 0 amide bonds. The van der Waals surface area contributed by atoms with Crippen molar-refractivity contribution in [3.8, 4) is 17.6 Å². The average Bonchev–Trinajstić information content (AvgIpc) is 3.39. The van der Waals surface area contributed by atoms with E-state index in [9.17, 15) is 33.1 Å². The summed E-state index contributed by atoms with van der Waals surface area (Å²) in [5.41, 5.74) is 1.76. The average molecular weight is 625 g/mol. The number of rotatable bonds is 10. The Bertz CT molecular complexity index is 1640. The number of carbonyl (C=O) groups is 1. The molecule has 232 valence electrons. The fourth-order valence-corrected chi connectivity index (χ4v) is 6.37. The standard InChI is InChI=1S/C27H31F2N4O9P/c1-15(2)40-24(36)16(3)14-43(38,42-17-8-5-4-6-9-17)39-13-19-21(34)27(37,10-7-11-28)25(41-19)33-12-18(29)20-22(33)31-26(30)32-23(20)35/h4-6,8-9,12,15-16,19,21,25,34,37H,11,13-14H2,1-3H3,(H3,30,31,32,35)/t16-,19-,21+,25-,27?,43+/m1/s1. The largest absolute Gasteiger partial charge is 0.463 e. The summed E-state index contributed by atoms with van der Waals surface area (Å²) in [4.78, 5) is 30.8. The number of anilines is 1. The predicted octanol–water partition coefficient (Wildman–Crippen LogP) is 2.28. The van der Waals surface area contributed by atoms with Gasteiger partial charge in [-0.1, -0.05) is 37.0 Å². The SMILES string of the molecule is CC(C)OC(=O)[C@H](C)C[P@](=O)(OC[C@H]1O[C@@H](n2cc(F)c3c(=O)[nH]c(N)nc32)C(O)(C#CCF)[C@H]1O)Oc1ccccc1. The number of fused-ring (bicyclic) bond motifs is 1. The van der Waals surface area contributed by atoms with E-state index < -0.39 is 85.8 Å². The van der Waals surface area contributed by atoms with Crippen LogP contribution >= 0.6 is 7.60 Å². The lowest BCUT2D eigenvalue weighted by atomic mass is 9.94. The number of esters is 1. The minimum atomic E-state index is -4.19. The van der Waals surface area contributed by atoms with Crippen LogP contribution in [0, 0.1) is 23.6 Å². The van der Waals surface area contributed by atoms with Crippen LogP contribution in [0.4, 0.5) is 14.7 Å². The number of nitrogen functional groups attached to an aromatic ring is 1. The number of alkyl halides is 1. The maximum atomic E-state index is 14.8. The Morgan fingerprint density at radius 1 is 1.33 bits per heavy atom. The summed E-state index contributed by atoms with van der Waals surface area (Å²) >= 11 is 0. The monoisotopic (exact) mass is 624 g/mol. The number of hydrogen-bond acceptors (Lipinski definition) is 11. The first-order chi connectivity index (χ1) is 20.3. The Hall–Kier alpha value is -3.80. The Morgan fingerprint density at radius 2 is 2.02 bits per heavy atom. The fourth-order valence-electron chi connectivity index (χ4n) is 4.50. The molecule has 1 aliphatic heterocycles. The maximum absolute atomic E-state index is 14.8. The Labute approximate surface area is 244 Å². The van der Waals surface area contributed by atoms with Crippen LogP contribution in [-0.2, 0) is 23.4 Å². The fraction of sp³-hybridized carbons (Fsp3) is 0.444. The lowest BCUT2D eigenvalue weighted by Crippen LogP contribution is -2.46. The lowest BCUT2D eigenvalue weighted by molar-refractivity contribution is -0.151. The summed E-state index contributed by atoms with van der Waals surface area (Å²) < 4.78 is 65.0. The van der Waals surface area contributed by atoms with Crippen molar-refractivity contribution >= 4 is 30.5 Å². The van der Waals surface area contributed by atoms with Gasteiger partial charge in [-0.05, 0) is 26.0 Å². The number of aromatic nitrogens is 3. The third-order valence-corrected chi connectivity index (χ3v) is 8.45. The van der Waals surface area contributed by atoms with Crippen molar-refractivity contribution in [2.75, 3.05) is 25.2 Å². The molecule has 6 atom stereocenters. The maximum Gasteiger partial charge on any atom is 0.380 e. The second kappa shape index (κ2) is 12.8. The van der Waals surface area contributed by atoms with Gasteiger partial charge in [0.1, 0.15) is 30.0 Å². The van der Waals surface area contributed by atoms with E-state index in [1.165, 1.54) is 19.1 Å². The van der Waals surface area contributed by atoms with Gasteiger partial charge in [0.15, 0.2) is 23.3 Å². The number of aromatic amines is 1. The van der Waals surface area contributed by atoms with Crippen LogP contribution in [0.5, 0.6) is 5.75 Å². The first-order valence-electron chi connectivity index (χ1n) is 13.1. The number of para-hydroxylation sites is 1. The van der Waals surface area contributed by atoms with Crippen molar-refractivity contribution in [2.45, 2.75) is 50.9 Å². The van der Waals surface area contributed by atoms with Crippen LogP contribution in [0.2, 0.25) is 0 Å². The molecule has 13 nitrogen and oxygen atoms in total. The van der Waals surface area contributed by atoms with E-state index in [-0.39, 0.29) is 17.3 Å². The van der Waals surface area contributed by atoms with E-state index >= 15 is 0 Å². The zero-order valence-corrected chi connectivity index (χ0v) is 24.3. The molecule has 4 rings (SSSR count). The molecule has 1 aliphatic rings. The molecule has 1 unspecified atom stereocenters. The minimum Gasteiger partial charge on any atom is -0.463 e. The van der Waals surface area contributed by atoms with Crippen molar-refractivity contribution in [1.29, 1.82) is 0 Å². The van der Waals surface area contributed by atoms with Gasteiger partial charge in [0.05, 0.1) is 24.8 Å². The highest BCUT2D eigenvalue weighted by atomic mass is 31.2. The molecule has 0 saturated carbocycles. The highest BCUT2D eigenvalue weighted by Gasteiger charge is 2.57. The number of aliphatic hydroxyl groups excluding tert-OH is 1. The molecule has 5 N–H and O–H groups in total. The number of carbonyl (C=O) groups excluding carboxylic acids is 1. The molecule has 1 aromatic carbocycles. The molecule has 0 radical (unpaired) electrons. The number of ether oxygens (including phenoxy) is 2. The summed E-state index contributed by atoms with van der Waals surface area (Å²) in [5, 5.41) is 22.0. The third kappa shape index (κ3) is 6.90. The first kappa shape index (κ1) is 32.1. The van der Waals surface area contributed by atoms with E-state index in [0.29, 0.717) is 0 Å². The van der Waals surface area contributed by atoms with Crippen LogP contribution in [0.1, 0.15) is 27.0 Å². The Balaban J connectivity index is 1.66. The molecule has 1 saturated heterocycles. The Kier molecular flexibility index (Phi) is 9.58. The molecule has 0 spiro atoms. The topological polar surface area (TPSA) is 188 Å². The highest BCUT2D eigenvalue weighted by Crippen LogP contribution is 2.51. The molecule has 3 aromatic rings. The molecule has 0 aliphatic carbocycles. The van der Waals surface area contributed by atoms with E-state index in [1.807, 2.05) is 5.92 Å². The van der Waals surface area contributed by atoms with Gasteiger partial charge in [0, 0.05) is 6.20 Å². The van der Waals surface area contributed by atoms with Crippen molar-refractivity contribution in [3.63, 3.8) is 0 Å². The van der Waals surface area contributed by atoms with E-state index in [4.69, 9.17) is 24.3 Å². The van der Waals surface area contributed by atoms with Crippen molar-refractivity contribution in [2.24, 2.45) is 5.92 Å². The smallest absolute Gasteiger partial charge is 0.380 e. The van der Waals surface area contributed by atoms with Crippen LogP contribution in [0.3, 0.4) is 0 Å². The van der Waals surface area contributed by atoms with Crippen LogP contribution in [0.15, 0.2) is 41.3 Å². The van der Waals surface area contributed by atoms with E-state index in [0.717, 1.165) is 10.8 Å². The van der Waals surface area contributed by atoms with Gasteiger partial charge in [-0.3, -0.25) is 23.7 Å². The van der Waals surface area contributed by atoms with Gasteiger partial charge in [-0.2, -0.15) is 4.98 Å². The Morgan fingerprint density at radius 3 is 2.67 bits per heavy atom. The molecule has 0 bridgehead atoms. The molecular weight excluding hydrogens is 593 g/mol.